The van der Waals surface area contributed by atoms with Crippen molar-refractivity contribution in [2.45, 2.75) is 177 Å². The molecule has 8 fully saturated rings. The Hall–Kier alpha value is -2.48. The van der Waals surface area contributed by atoms with E-state index in [0.717, 1.165) is 62.5 Å². The number of fused-ring (bicyclic) bond motifs is 10. The van der Waals surface area contributed by atoms with E-state index < -0.39 is 45.4 Å². The maximum Gasteiger partial charge on any atom is 0.331 e. The van der Waals surface area contributed by atoms with Gasteiger partial charge in [-0.25, -0.2) is 9.59 Å². The Morgan fingerprint density at radius 3 is 1.35 bits per heavy atom. The minimum Gasteiger partial charge on any atom is -0.458 e. The second-order valence-electron chi connectivity index (χ2n) is 22.8. The van der Waals surface area contributed by atoms with Crippen LogP contribution in [-0.2, 0) is 19.1 Å². The van der Waals surface area contributed by atoms with Crippen LogP contribution in [-0.4, -0.2) is 116 Å². The van der Waals surface area contributed by atoms with Crippen molar-refractivity contribution in [3.8, 4) is 0 Å². The SMILES string of the molecule is C[C@]12CC[C@H]3[C@H](CC[C@]4(O)C[C@H](O)CC[C@]34C=NCCCCN=C[C@]34CC[C@H](O)C[C@]3(O)CC[C@@H]3[C@@H]4CC[C@]4(C)[C@H](C5=CC(=O)OC5)CC[C@]34O)[C@]1(O)CC[C@H]2C1=CC(=O)OC1. The van der Waals surface area contributed by atoms with Crippen LogP contribution < -0.4 is 0 Å². The quantitative estimate of drug-likeness (QED) is 0.100. The van der Waals surface area contributed by atoms with Crippen LogP contribution in [0, 0.1) is 57.2 Å². The second-order valence-corrected chi connectivity index (χ2v) is 22.8. The monoisotopic (exact) mass is 861 g/mol. The average molecular weight is 861 g/mol. The van der Waals surface area contributed by atoms with Gasteiger partial charge in [-0.2, -0.15) is 0 Å². The predicted molar refractivity (Wildman–Crippen MR) is 231 cm³/mol. The zero-order valence-electron chi connectivity index (χ0n) is 37.1. The summed E-state index contributed by atoms with van der Waals surface area (Å²) in [6.45, 7) is 6.18. The number of nitrogens with zero attached hydrogens (tertiary/aromatic N) is 2. The van der Waals surface area contributed by atoms with Gasteiger partial charge in [-0.05, 0) is 162 Å². The molecular weight excluding hydrogens is 789 g/mol. The highest BCUT2D eigenvalue weighted by molar-refractivity contribution is 5.86. The van der Waals surface area contributed by atoms with E-state index >= 15 is 0 Å². The van der Waals surface area contributed by atoms with Crippen LogP contribution in [0.15, 0.2) is 33.3 Å². The molecule has 0 aromatic heterocycles. The number of esters is 2. The minimum atomic E-state index is -1.10. The molecule has 0 spiro atoms. The first-order valence-electron chi connectivity index (χ1n) is 24.5. The molecule has 62 heavy (non-hydrogen) atoms. The number of rotatable bonds is 9. The van der Waals surface area contributed by atoms with Crippen molar-refractivity contribution < 1.29 is 49.7 Å². The highest BCUT2D eigenvalue weighted by atomic mass is 16.5. The molecule has 12 heteroatoms. The van der Waals surface area contributed by atoms with E-state index in [2.05, 4.69) is 13.8 Å². The van der Waals surface area contributed by atoms with Gasteiger partial charge in [0.05, 0.1) is 34.6 Å². The molecule has 6 N–H and O–H groups in total. The van der Waals surface area contributed by atoms with Gasteiger partial charge in [-0.1, -0.05) is 13.8 Å². The van der Waals surface area contributed by atoms with Crippen LogP contribution >= 0.6 is 0 Å². The number of cyclic esters (lactones) is 2. The highest BCUT2D eigenvalue weighted by Crippen LogP contribution is 2.72. The molecule has 0 aromatic rings. The van der Waals surface area contributed by atoms with Crippen molar-refractivity contribution >= 4 is 24.4 Å². The van der Waals surface area contributed by atoms with Crippen molar-refractivity contribution in [3.05, 3.63) is 23.3 Å². The smallest absolute Gasteiger partial charge is 0.331 e. The third kappa shape index (κ3) is 6.03. The van der Waals surface area contributed by atoms with Gasteiger partial charge in [0.2, 0.25) is 0 Å². The number of carbonyl (C=O) groups excluding carboxylic acids is 2. The summed E-state index contributed by atoms with van der Waals surface area (Å²) in [6, 6.07) is 0. The molecule has 16 atom stereocenters. The lowest BCUT2D eigenvalue weighted by Gasteiger charge is -2.65. The normalized spacial score (nSPS) is 52.1. The number of hydrogen-bond acceptors (Lipinski definition) is 12. The summed E-state index contributed by atoms with van der Waals surface area (Å²) < 4.78 is 10.6. The van der Waals surface area contributed by atoms with E-state index in [-0.39, 0.29) is 58.3 Å². The number of aliphatic imine (C=N–C) groups is 2. The van der Waals surface area contributed by atoms with Crippen molar-refractivity contribution in [1.82, 2.24) is 0 Å². The Morgan fingerprint density at radius 1 is 0.565 bits per heavy atom. The Kier molecular flexibility index (Phi) is 10.5. The molecule has 8 saturated carbocycles. The zero-order chi connectivity index (χ0) is 43.6. The predicted octanol–water partition coefficient (Wildman–Crippen LogP) is 5.33. The lowest BCUT2D eigenvalue weighted by molar-refractivity contribution is -0.237. The van der Waals surface area contributed by atoms with Gasteiger partial charge >= 0.3 is 11.9 Å². The fourth-order valence-electron chi connectivity index (χ4n) is 17.6. The lowest BCUT2D eigenvalue weighted by Crippen LogP contribution is -2.68. The van der Waals surface area contributed by atoms with Gasteiger partial charge in [0.25, 0.3) is 0 Å². The van der Waals surface area contributed by atoms with Crippen LogP contribution in [0.25, 0.3) is 0 Å². The number of aliphatic hydroxyl groups excluding tert-OH is 2. The first-order valence-corrected chi connectivity index (χ1v) is 24.5. The third-order valence-electron chi connectivity index (χ3n) is 20.7. The van der Waals surface area contributed by atoms with Gasteiger partial charge in [0.15, 0.2) is 0 Å². The molecule has 0 saturated heterocycles. The lowest BCUT2D eigenvalue weighted by atomic mass is 9.41. The third-order valence-corrected chi connectivity index (χ3v) is 20.7. The van der Waals surface area contributed by atoms with Crippen molar-refractivity contribution in [1.29, 1.82) is 0 Å². The fraction of sp³-hybridized carbons (Fsp3) is 0.840. The van der Waals surface area contributed by atoms with Gasteiger partial charge in [-0.3, -0.25) is 9.98 Å². The summed E-state index contributed by atoms with van der Waals surface area (Å²) in [4.78, 5) is 34.2. The molecule has 0 unspecified atom stereocenters. The van der Waals surface area contributed by atoms with E-state index in [9.17, 15) is 40.2 Å². The molecule has 8 aliphatic carbocycles. The largest absolute Gasteiger partial charge is 0.458 e. The molecule has 0 bridgehead atoms. The number of carbonyl (C=O) groups is 2. The van der Waals surface area contributed by atoms with Crippen LogP contribution in [0.5, 0.6) is 0 Å². The maximum atomic E-state index is 12.8. The van der Waals surface area contributed by atoms with Gasteiger partial charge in [0.1, 0.15) is 13.2 Å². The van der Waals surface area contributed by atoms with E-state index in [0.29, 0.717) is 103 Å². The zero-order valence-corrected chi connectivity index (χ0v) is 37.1. The summed E-state index contributed by atoms with van der Waals surface area (Å²) >= 11 is 0. The van der Waals surface area contributed by atoms with Crippen LogP contribution in [0.1, 0.15) is 142 Å². The van der Waals surface area contributed by atoms with Gasteiger partial charge in [0, 0.05) is 72.2 Å². The van der Waals surface area contributed by atoms with E-state index in [4.69, 9.17) is 19.5 Å². The Labute approximate surface area is 366 Å². The summed E-state index contributed by atoms with van der Waals surface area (Å²) in [5.74, 6) is -0.373. The van der Waals surface area contributed by atoms with Crippen molar-refractivity contribution in [2.24, 2.45) is 67.2 Å². The maximum absolute atomic E-state index is 12.8. The number of hydrogen-bond donors (Lipinski definition) is 6. The van der Waals surface area contributed by atoms with Crippen molar-refractivity contribution in [3.63, 3.8) is 0 Å². The van der Waals surface area contributed by atoms with Gasteiger partial charge < -0.3 is 40.1 Å². The topological polar surface area (TPSA) is 199 Å². The molecular formula is C50H72N2O10. The molecule has 2 aliphatic heterocycles. The Balaban J connectivity index is 0.829. The first kappa shape index (κ1) is 43.4. The molecule has 12 nitrogen and oxygen atoms in total. The number of unbranched alkanes of at least 4 members (excludes halogenated alkanes) is 1. The summed E-state index contributed by atoms with van der Waals surface area (Å²) in [7, 11) is 0. The summed E-state index contributed by atoms with van der Waals surface area (Å²) in [5.41, 5.74) is -4.09. The van der Waals surface area contributed by atoms with Crippen LogP contribution in [0.3, 0.4) is 0 Å². The number of ether oxygens (including phenoxy) is 2. The average Bonchev–Trinajstić information content (AvgIpc) is 3.98. The van der Waals surface area contributed by atoms with E-state index in [1.54, 1.807) is 12.2 Å². The van der Waals surface area contributed by atoms with Crippen LogP contribution in [0.2, 0.25) is 0 Å². The molecule has 10 rings (SSSR count). The highest BCUT2D eigenvalue weighted by Gasteiger charge is 2.73. The van der Waals surface area contributed by atoms with E-state index in [1.165, 1.54) is 0 Å². The Morgan fingerprint density at radius 2 is 0.968 bits per heavy atom. The first-order chi connectivity index (χ1) is 29.5. The Bertz CT molecular complexity index is 1820. The standard InChI is InChI=1S/C50H72N2O10/c1-43-13-7-37-39(49(43,59)19-11-35(43)31-23-41(55)61-27-31)9-17-47(57)25-33(53)5-15-45(37,47)29-51-21-3-4-22-52-30-46-16-6-34(54)26-48(46,58)18-10-40-38(46)8-14-44(2)36(12-20-50(40,44)60)32-24-42(56)62-28-32/h23-24,29-30,33-40,53-54,57-60H,3-22,25-28H2,1-2H3/t33-,34+,35-,36-,37-,38-,39+,40-,43+,44+,45-,46-,47+,48-,49-,50+/m0/s1. The van der Waals surface area contributed by atoms with Gasteiger partial charge in [-0.15, -0.1) is 0 Å². The second kappa shape index (κ2) is 15.0. The molecule has 0 aromatic carbocycles. The minimum absolute atomic E-state index is 0.0156. The number of aliphatic hydroxyl groups is 6. The summed E-state index contributed by atoms with van der Waals surface area (Å²) in [5, 5.41) is 72.2. The van der Waals surface area contributed by atoms with Crippen LogP contribution in [0.4, 0.5) is 0 Å². The molecule has 342 valence electrons. The molecule has 0 amide bonds. The molecule has 10 aliphatic rings. The molecule has 0 radical (unpaired) electrons. The fourth-order valence-corrected chi connectivity index (χ4v) is 17.6. The molecule has 2 heterocycles. The van der Waals surface area contributed by atoms with Crippen molar-refractivity contribution in [2.75, 3.05) is 26.3 Å². The van der Waals surface area contributed by atoms with E-state index in [1.807, 2.05) is 12.4 Å². The summed E-state index contributed by atoms with van der Waals surface area (Å²) in [6.07, 6.45) is 19.6.